The molecule has 1 aromatic rings. The number of nitrogens with one attached hydrogen (secondary N) is 1. The summed E-state index contributed by atoms with van der Waals surface area (Å²) in [6, 6.07) is 1.84. The summed E-state index contributed by atoms with van der Waals surface area (Å²) >= 11 is 4.86. The average Bonchev–Trinajstić information content (AvgIpc) is 2.59. The molecule has 0 spiro atoms. The maximum atomic E-state index is 11.6. The summed E-state index contributed by atoms with van der Waals surface area (Å²) in [4.78, 5) is 13.7. The topological polar surface area (TPSA) is 32.3 Å². The van der Waals surface area contributed by atoms with Crippen molar-refractivity contribution in [2.75, 3.05) is 27.2 Å². The van der Waals surface area contributed by atoms with Crippen LogP contribution in [-0.2, 0) is 0 Å². The fourth-order valence-corrected chi connectivity index (χ4v) is 2.27. The van der Waals surface area contributed by atoms with Crippen LogP contribution in [0.3, 0.4) is 0 Å². The van der Waals surface area contributed by atoms with Crippen molar-refractivity contribution in [3.63, 3.8) is 0 Å². The lowest BCUT2D eigenvalue weighted by Gasteiger charge is -2.09. The first kappa shape index (κ1) is 12.7. The van der Waals surface area contributed by atoms with Gasteiger partial charge in [0.1, 0.15) is 0 Å². The molecule has 0 atom stereocenters. The van der Waals surface area contributed by atoms with Gasteiger partial charge in [0.25, 0.3) is 5.91 Å². The second-order valence-electron chi connectivity index (χ2n) is 3.55. The Morgan fingerprint density at radius 2 is 2.33 bits per heavy atom. The third-order valence-electron chi connectivity index (χ3n) is 1.90. The van der Waals surface area contributed by atoms with E-state index in [1.165, 1.54) is 11.3 Å². The van der Waals surface area contributed by atoms with Gasteiger partial charge in [-0.3, -0.25) is 4.79 Å². The maximum Gasteiger partial charge on any atom is 0.252 e. The third-order valence-corrected chi connectivity index (χ3v) is 3.40. The summed E-state index contributed by atoms with van der Waals surface area (Å²) in [6.45, 7) is 1.72. The predicted octanol–water partition coefficient (Wildman–Crippen LogP) is 2.19. The number of nitrogens with zero attached hydrogens (tertiary/aromatic N) is 1. The highest BCUT2D eigenvalue weighted by Gasteiger charge is 2.06. The van der Waals surface area contributed by atoms with Gasteiger partial charge < -0.3 is 10.2 Å². The molecule has 0 fully saturated rings. The number of carbonyl (C=O) groups is 1. The van der Waals surface area contributed by atoms with Gasteiger partial charge in [0.15, 0.2) is 0 Å². The van der Waals surface area contributed by atoms with Crippen LogP contribution >= 0.6 is 27.3 Å². The van der Waals surface area contributed by atoms with Crippen molar-refractivity contribution in [1.82, 2.24) is 10.2 Å². The Labute approximate surface area is 103 Å². The molecule has 0 bridgehead atoms. The molecule has 3 nitrogen and oxygen atoms in total. The molecule has 0 aliphatic carbocycles. The van der Waals surface area contributed by atoms with E-state index in [4.69, 9.17) is 0 Å². The molecule has 15 heavy (non-hydrogen) atoms. The van der Waals surface area contributed by atoms with Gasteiger partial charge in [0, 0.05) is 11.9 Å². The summed E-state index contributed by atoms with van der Waals surface area (Å²) < 4.78 is 0.987. The lowest BCUT2D eigenvalue weighted by Crippen LogP contribution is -2.26. The Balaban J connectivity index is 2.25. The van der Waals surface area contributed by atoms with Crippen LogP contribution in [-0.4, -0.2) is 38.0 Å². The van der Waals surface area contributed by atoms with Crippen LogP contribution in [0.25, 0.3) is 0 Å². The van der Waals surface area contributed by atoms with Gasteiger partial charge in [-0.15, -0.1) is 11.3 Å². The molecule has 1 rings (SSSR count). The van der Waals surface area contributed by atoms with E-state index in [1.807, 2.05) is 25.5 Å². The Bertz CT molecular complexity index is 325. The number of thiophene rings is 1. The summed E-state index contributed by atoms with van der Waals surface area (Å²) in [6.07, 6.45) is 0.976. The van der Waals surface area contributed by atoms with Gasteiger partial charge in [-0.1, -0.05) is 0 Å². The zero-order valence-corrected chi connectivity index (χ0v) is 11.3. The Morgan fingerprint density at radius 3 is 2.87 bits per heavy atom. The number of hydrogen-bond acceptors (Lipinski definition) is 3. The van der Waals surface area contributed by atoms with Crippen LogP contribution in [0.1, 0.15) is 16.8 Å². The van der Waals surface area contributed by atoms with Crippen molar-refractivity contribution in [3.8, 4) is 0 Å². The fraction of sp³-hybridized carbons (Fsp3) is 0.500. The molecule has 1 aromatic heterocycles. The Kier molecular flexibility index (Phi) is 5.28. The van der Waals surface area contributed by atoms with Crippen molar-refractivity contribution in [3.05, 3.63) is 20.8 Å². The standard InChI is InChI=1S/C10H15BrN2OS/c1-13(2)5-3-4-12-10(14)8-6-9(11)15-7-8/h6-7H,3-5H2,1-2H3,(H,12,14). The number of rotatable bonds is 5. The van der Waals surface area contributed by atoms with Gasteiger partial charge in [-0.2, -0.15) is 0 Å². The van der Waals surface area contributed by atoms with Gasteiger partial charge in [0.2, 0.25) is 0 Å². The minimum Gasteiger partial charge on any atom is -0.352 e. The number of halogens is 1. The molecule has 0 saturated carbocycles. The van der Waals surface area contributed by atoms with E-state index in [-0.39, 0.29) is 5.91 Å². The lowest BCUT2D eigenvalue weighted by molar-refractivity contribution is 0.0953. The van der Waals surface area contributed by atoms with E-state index < -0.39 is 0 Å². The normalized spacial score (nSPS) is 10.7. The van der Waals surface area contributed by atoms with Crippen molar-refractivity contribution < 1.29 is 4.79 Å². The molecule has 84 valence electrons. The second kappa shape index (κ2) is 6.25. The molecular weight excluding hydrogens is 276 g/mol. The zero-order valence-electron chi connectivity index (χ0n) is 8.92. The van der Waals surface area contributed by atoms with E-state index >= 15 is 0 Å². The minimum atomic E-state index is 0.00991. The monoisotopic (exact) mass is 290 g/mol. The lowest BCUT2D eigenvalue weighted by atomic mass is 10.3. The molecule has 0 radical (unpaired) electrons. The molecule has 0 aliphatic rings. The zero-order chi connectivity index (χ0) is 11.3. The predicted molar refractivity (Wildman–Crippen MR) is 67.5 cm³/mol. The first-order chi connectivity index (χ1) is 7.09. The average molecular weight is 291 g/mol. The van der Waals surface area contributed by atoms with Gasteiger partial charge in [-0.25, -0.2) is 0 Å². The number of amides is 1. The summed E-state index contributed by atoms with van der Waals surface area (Å²) in [7, 11) is 4.05. The third kappa shape index (κ3) is 4.77. The quantitative estimate of drug-likeness (QED) is 0.843. The molecule has 0 aliphatic heterocycles. The van der Waals surface area contributed by atoms with E-state index in [1.54, 1.807) is 0 Å². The van der Waals surface area contributed by atoms with Gasteiger partial charge in [-0.05, 0) is 49.1 Å². The van der Waals surface area contributed by atoms with Crippen LogP contribution < -0.4 is 5.32 Å². The van der Waals surface area contributed by atoms with Crippen LogP contribution in [0.4, 0.5) is 0 Å². The molecule has 1 heterocycles. The van der Waals surface area contributed by atoms with E-state index in [0.717, 1.165) is 28.9 Å². The highest BCUT2D eigenvalue weighted by Crippen LogP contribution is 2.20. The van der Waals surface area contributed by atoms with E-state index in [0.29, 0.717) is 0 Å². The van der Waals surface area contributed by atoms with Crippen molar-refractivity contribution in [2.24, 2.45) is 0 Å². The highest BCUT2D eigenvalue weighted by atomic mass is 79.9. The molecule has 5 heteroatoms. The van der Waals surface area contributed by atoms with E-state index in [2.05, 4.69) is 26.1 Å². The van der Waals surface area contributed by atoms with Crippen LogP contribution in [0.5, 0.6) is 0 Å². The largest absolute Gasteiger partial charge is 0.352 e. The first-order valence-corrected chi connectivity index (χ1v) is 6.44. The van der Waals surface area contributed by atoms with Gasteiger partial charge >= 0.3 is 0 Å². The second-order valence-corrected chi connectivity index (χ2v) is 5.84. The molecule has 0 unspecified atom stereocenters. The van der Waals surface area contributed by atoms with E-state index in [9.17, 15) is 4.79 Å². The summed E-state index contributed by atoms with van der Waals surface area (Å²) in [5, 5.41) is 4.74. The Hall–Kier alpha value is -0.390. The molecule has 1 amide bonds. The molecule has 0 saturated heterocycles. The minimum absolute atomic E-state index is 0.00991. The maximum absolute atomic E-state index is 11.6. The van der Waals surface area contributed by atoms with Crippen LogP contribution in [0.15, 0.2) is 15.2 Å². The smallest absolute Gasteiger partial charge is 0.252 e. The molecular formula is C10H15BrN2OS. The Morgan fingerprint density at radius 1 is 1.60 bits per heavy atom. The van der Waals surface area contributed by atoms with Crippen molar-refractivity contribution in [1.29, 1.82) is 0 Å². The highest BCUT2D eigenvalue weighted by molar-refractivity contribution is 9.11. The molecule has 1 N–H and O–H groups in total. The van der Waals surface area contributed by atoms with Gasteiger partial charge in [0.05, 0.1) is 9.35 Å². The summed E-state index contributed by atoms with van der Waals surface area (Å²) in [5.74, 6) is 0.00991. The van der Waals surface area contributed by atoms with Crippen molar-refractivity contribution >= 4 is 33.2 Å². The number of carbonyl (C=O) groups excluding carboxylic acids is 1. The SMILES string of the molecule is CN(C)CCCNC(=O)c1csc(Br)c1. The fourth-order valence-electron chi connectivity index (χ4n) is 1.13. The van der Waals surface area contributed by atoms with Crippen molar-refractivity contribution in [2.45, 2.75) is 6.42 Å². The molecule has 0 aromatic carbocycles. The number of hydrogen-bond donors (Lipinski definition) is 1. The first-order valence-electron chi connectivity index (χ1n) is 4.76. The summed E-state index contributed by atoms with van der Waals surface area (Å²) in [5.41, 5.74) is 0.733. The van der Waals surface area contributed by atoms with Crippen LogP contribution in [0.2, 0.25) is 0 Å². The van der Waals surface area contributed by atoms with Crippen LogP contribution in [0, 0.1) is 0 Å².